The Balaban J connectivity index is 2.03. The van der Waals surface area contributed by atoms with E-state index in [9.17, 15) is 4.39 Å². The van der Waals surface area contributed by atoms with Crippen LogP contribution in [0.1, 0.15) is 18.1 Å². The lowest BCUT2D eigenvalue weighted by Crippen LogP contribution is -2.14. The predicted molar refractivity (Wildman–Crippen MR) is 84.6 cm³/mol. The van der Waals surface area contributed by atoms with Gasteiger partial charge < -0.3 is 10.1 Å². The number of rotatable bonds is 6. The molecule has 0 saturated carbocycles. The standard InChI is InChI=1S/C16H16Cl2FNO/c1-2-21-16-12(7-13(17)8-15(16)18)10-20-9-11-3-5-14(19)6-4-11/h3-8,20H,2,9-10H2,1H3. The van der Waals surface area contributed by atoms with Crippen LogP contribution in [0.2, 0.25) is 10.0 Å². The molecule has 0 fully saturated rings. The Hall–Kier alpha value is -1.29. The van der Waals surface area contributed by atoms with Crippen LogP contribution in [0.4, 0.5) is 4.39 Å². The van der Waals surface area contributed by atoms with Gasteiger partial charge in [-0.05, 0) is 36.8 Å². The lowest BCUT2D eigenvalue weighted by Gasteiger charge is -2.13. The fourth-order valence-corrected chi connectivity index (χ4v) is 2.58. The molecular formula is C16H16Cl2FNO. The number of nitrogens with one attached hydrogen (secondary N) is 1. The minimum atomic E-state index is -0.237. The molecule has 0 unspecified atom stereocenters. The minimum Gasteiger partial charge on any atom is -0.492 e. The summed E-state index contributed by atoms with van der Waals surface area (Å²) in [6.45, 7) is 3.62. The molecule has 0 aliphatic rings. The van der Waals surface area contributed by atoms with E-state index in [4.69, 9.17) is 27.9 Å². The van der Waals surface area contributed by atoms with Crippen LogP contribution in [0.15, 0.2) is 36.4 Å². The summed E-state index contributed by atoms with van der Waals surface area (Å²) in [7, 11) is 0. The van der Waals surface area contributed by atoms with Gasteiger partial charge in [0, 0.05) is 23.7 Å². The van der Waals surface area contributed by atoms with E-state index < -0.39 is 0 Å². The third kappa shape index (κ3) is 4.60. The average molecular weight is 328 g/mol. The molecule has 2 aromatic carbocycles. The van der Waals surface area contributed by atoms with Gasteiger partial charge in [0.25, 0.3) is 0 Å². The van der Waals surface area contributed by atoms with Gasteiger partial charge in [-0.3, -0.25) is 0 Å². The molecule has 0 aromatic heterocycles. The van der Waals surface area contributed by atoms with Gasteiger partial charge in [-0.2, -0.15) is 0 Å². The molecule has 0 bridgehead atoms. The summed E-state index contributed by atoms with van der Waals surface area (Å²) in [5.41, 5.74) is 1.90. The van der Waals surface area contributed by atoms with Crippen molar-refractivity contribution in [3.05, 3.63) is 63.4 Å². The highest BCUT2D eigenvalue weighted by Crippen LogP contribution is 2.32. The van der Waals surface area contributed by atoms with Crippen molar-refractivity contribution in [3.8, 4) is 5.75 Å². The van der Waals surface area contributed by atoms with Gasteiger partial charge in [-0.15, -0.1) is 0 Å². The Morgan fingerprint density at radius 2 is 1.81 bits per heavy atom. The summed E-state index contributed by atoms with van der Waals surface area (Å²) in [5, 5.41) is 4.34. The van der Waals surface area contributed by atoms with Crippen LogP contribution >= 0.6 is 23.2 Å². The maximum Gasteiger partial charge on any atom is 0.142 e. The Morgan fingerprint density at radius 3 is 2.48 bits per heavy atom. The summed E-state index contributed by atoms with van der Waals surface area (Å²) in [5.74, 6) is 0.411. The topological polar surface area (TPSA) is 21.3 Å². The fourth-order valence-electron chi connectivity index (χ4n) is 1.99. The van der Waals surface area contributed by atoms with E-state index in [1.807, 2.05) is 13.0 Å². The zero-order valence-corrected chi connectivity index (χ0v) is 13.1. The largest absolute Gasteiger partial charge is 0.492 e. The van der Waals surface area contributed by atoms with Crippen LogP contribution in [0.3, 0.4) is 0 Å². The molecule has 0 aliphatic carbocycles. The maximum atomic E-state index is 12.8. The van der Waals surface area contributed by atoms with E-state index >= 15 is 0 Å². The quantitative estimate of drug-likeness (QED) is 0.821. The molecule has 0 amide bonds. The van der Waals surface area contributed by atoms with Gasteiger partial charge in [0.05, 0.1) is 11.6 Å². The molecular weight excluding hydrogens is 312 g/mol. The van der Waals surface area contributed by atoms with E-state index in [1.165, 1.54) is 12.1 Å². The van der Waals surface area contributed by atoms with Gasteiger partial charge in [-0.1, -0.05) is 35.3 Å². The summed E-state index contributed by atoms with van der Waals surface area (Å²) in [4.78, 5) is 0. The Kier molecular flexibility index (Phi) is 5.85. The second kappa shape index (κ2) is 7.64. The van der Waals surface area contributed by atoms with Crippen molar-refractivity contribution in [1.29, 1.82) is 0 Å². The first-order chi connectivity index (χ1) is 10.1. The summed E-state index contributed by atoms with van der Waals surface area (Å²) < 4.78 is 18.4. The predicted octanol–water partition coefficient (Wildman–Crippen LogP) is 4.82. The van der Waals surface area contributed by atoms with Crippen molar-refractivity contribution in [1.82, 2.24) is 5.32 Å². The van der Waals surface area contributed by atoms with Crippen LogP contribution in [0, 0.1) is 5.82 Å². The average Bonchev–Trinajstić information content (AvgIpc) is 2.44. The summed E-state index contributed by atoms with van der Waals surface area (Å²) in [6.07, 6.45) is 0. The minimum absolute atomic E-state index is 0.237. The Bertz CT molecular complexity index is 602. The maximum absolute atomic E-state index is 12.8. The molecule has 0 saturated heterocycles. The van der Waals surface area contributed by atoms with Gasteiger partial charge in [0.15, 0.2) is 0 Å². The van der Waals surface area contributed by atoms with E-state index in [2.05, 4.69) is 5.32 Å². The zero-order chi connectivity index (χ0) is 15.2. The lowest BCUT2D eigenvalue weighted by molar-refractivity contribution is 0.335. The molecule has 1 N–H and O–H groups in total. The Morgan fingerprint density at radius 1 is 1.10 bits per heavy atom. The van der Waals surface area contributed by atoms with Crippen molar-refractivity contribution in [3.63, 3.8) is 0 Å². The highest BCUT2D eigenvalue weighted by atomic mass is 35.5. The van der Waals surface area contributed by atoms with Gasteiger partial charge in [0.2, 0.25) is 0 Å². The van der Waals surface area contributed by atoms with Crippen molar-refractivity contribution in [2.45, 2.75) is 20.0 Å². The van der Waals surface area contributed by atoms with E-state index in [-0.39, 0.29) is 5.82 Å². The van der Waals surface area contributed by atoms with E-state index in [0.29, 0.717) is 35.5 Å². The first-order valence-electron chi connectivity index (χ1n) is 6.66. The van der Waals surface area contributed by atoms with Crippen molar-refractivity contribution >= 4 is 23.2 Å². The smallest absolute Gasteiger partial charge is 0.142 e. The second-order valence-corrected chi connectivity index (χ2v) is 5.38. The first kappa shape index (κ1) is 16.1. The number of hydrogen-bond acceptors (Lipinski definition) is 2. The third-order valence-electron chi connectivity index (χ3n) is 2.93. The highest BCUT2D eigenvalue weighted by molar-refractivity contribution is 6.35. The van der Waals surface area contributed by atoms with Gasteiger partial charge >= 0.3 is 0 Å². The van der Waals surface area contributed by atoms with Gasteiger partial charge in [-0.25, -0.2) is 4.39 Å². The monoisotopic (exact) mass is 327 g/mol. The molecule has 0 atom stereocenters. The molecule has 5 heteroatoms. The normalized spacial score (nSPS) is 10.7. The van der Waals surface area contributed by atoms with E-state index in [0.717, 1.165) is 11.1 Å². The second-order valence-electron chi connectivity index (χ2n) is 4.54. The van der Waals surface area contributed by atoms with Gasteiger partial charge in [0.1, 0.15) is 11.6 Å². The molecule has 0 heterocycles. The molecule has 0 radical (unpaired) electrons. The number of halogens is 3. The molecule has 2 nitrogen and oxygen atoms in total. The summed E-state index contributed by atoms with van der Waals surface area (Å²) >= 11 is 12.2. The van der Waals surface area contributed by atoms with E-state index in [1.54, 1.807) is 18.2 Å². The van der Waals surface area contributed by atoms with Crippen molar-refractivity contribution in [2.75, 3.05) is 6.61 Å². The fraction of sp³-hybridized carbons (Fsp3) is 0.250. The highest BCUT2D eigenvalue weighted by Gasteiger charge is 2.10. The molecule has 2 aromatic rings. The third-order valence-corrected chi connectivity index (χ3v) is 3.43. The first-order valence-corrected chi connectivity index (χ1v) is 7.41. The number of hydrogen-bond donors (Lipinski definition) is 1. The number of ether oxygens (including phenoxy) is 1. The van der Waals surface area contributed by atoms with Crippen LogP contribution in [0.25, 0.3) is 0 Å². The molecule has 112 valence electrons. The molecule has 0 spiro atoms. The van der Waals surface area contributed by atoms with Crippen molar-refractivity contribution in [2.24, 2.45) is 0 Å². The number of benzene rings is 2. The lowest BCUT2D eigenvalue weighted by atomic mass is 10.2. The van der Waals surface area contributed by atoms with Crippen LogP contribution < -0.4 is 10.1 Å². The molecule has 0 aliphatic heterocycles. The molecule has 2 rings (SSSR count). The van der Waals surface area contributed by atoms with Crippen molar-refractivity contribution < 1.29 is 9.13 Å². The van der Waals surface area contributed by atoms with Crippen LogP contribution in [-0.4, -0.2) is 6.61 Å². The SMILES string of the molecule is CCOc1c(Cl)cc(Cl)cc1CNCc1ccc(F)cc1. The zero-order valence-electron chi connectivity index (χ0n) is 11.6. The molecule has 21 heavy (non-hydrogen) atoms. The summed E-state index contributed by atoms with van der Waals surface area (Å²) in [6, 6.07) is 9.87. The Labute approximate surface area is 133 Å². The van der Waals surface area contributed by atoms with Crippen LogP contribution in [0.5, 0.6) is 5.75 Å². The van der Waals surface area contributed by atoms with Crippen LogP contribution in [-0.2, 0) is 13.1 Å².